The van der Waals surface area contributed by atoms with Gasteiger partial charge in [0, 0.05) is 23.6 Å². The SMILES string of the molecule is CCCn1c(C)cc(/C=C(/C#N)C(=O)OCC(=O)Nc2c(C#N)c(C)c(C)n2Cc2ccco2)c1C. The number of nitrogens with zero attached hydrogens (tertiary/aromatic N) is 4. The minimum Gasteiger partial charge on any atom is -0.467 e. The Morgan fingerprint density at radius 1 is 1.17 bits per heavy atom. The van der Waals surface area contributed by atoms with E-state index in [2.05, 4.69) is 22.9 Å². The Bertz CT molecular complexity index is 1390. The number of amides is 1. The molecule has 1 amide bonds. The van der Waals surface area contributed by atoms with Crippen LogP contribution < -0.4 is 5.32 Å². The largest absolute Gasteiger partial charge is 0.467 e. The van der Waals surface area contributed by atoms with E-state index in [-0.39, 0.29) is 5.57 Å². The van der Waals surface area contributed by atoms with Gasteiger partial charge in [0.2, 0.25) is 0 Å². The van der Waals surface area contributed by atoms with Crippen molar-refractivity contribution in [3.63, 3.8) is 0 Å². The van der Waals surface area contributed by atoms with E-state index in [0.29, 0.717) is 23.7 Å². The highest BCUT2D eigenvalue weighted by Crippen LogP contribution is 2.27. The Morgan fingerprint density at radius 3 is 2.53 bits per heavy atom. The summed E-state index contributed by atoms with van der Waals surface area (Å²) < 4.78 is 14.4. The zero-order valence-corrected chi connectivity index (χ0v) is 21.1. The van der Waals surface area contributed by atoms with Gasteiger partial charge in [0.25, 0.3) is 5.91 Å². The highest BCUT2D eigenvalue weighted by Gasteiger charge is 2.22. The van der Waals surface area contributed by atoms with Crippen LogP contribution in [0.5, 0.6) is 0 Å². The van der Waals surface area contributed by atoms with Gasteiger partial charge in [-0.2, -0.15) is 10.5 Å². The topological polar surface area (TPSA) is 126 Å². The Balaban J connectivity index is 1.74. The molecule has 9 nitrogen and oxygen atoms in total. The lowest BCUT2D eigenvalue weighted by Gasteiger charge is -2.12. The number of furan rings is 1. The van der Waals surface area contributed by atoms with E-state index in [4.69, 9.17) is 9.15 Å². The fraction of sp³-hybridized carbons (Fsp3) is 0.333. The average Bonchev–Trinajstić information content (AvgIpc) is 3.52. The number of hydrogen-bond acceptors (Lipinski definition) is 6. The zero-order chi connectivity index (χ0) is 26.4. The molecule has 0 aliphatic rings. The van der Waals surface area contributed by atoms with Crippen LogP contribution in [0, 0.1) is 50.4 Å². The summed E-state index contributed by atoms with van der Waals surface area (Å²) in [7, 11) is 0. The summed E-state index contributed by atoms with van der Waals surface area (Å²) in [4.78, 5) is 25.2. The van der Waals surface area contributed by atoms with Crippen LogP contribution in [0.2, 0.25) is 0 Å². The monoisotopic (exact) mass is 487 g/mol. The van der Waals surface area contributed by atoms with Crippen molar-refractivity contribution in [2.75, 3.05) is 11.9 Å². The highest BCUT2D eigenvalue weighted by atomic mass is 16.5. The lowest BCUT2D eigenvalue weighted by atomic mass is 10.1. The summed E-state index contributed by atoms with van der Waals surface area (Å²) >= 11 is 0. The molecule has 36 heavy (non-hydrogen) atoms. The van der Waals surface area contributed by atoms with Crippen molar-refractivity contribution in [2.24, 2.45) is 0 Å². The van der Waals surface area contributed by atoms with Crippen molar-refractivity contribution in [1.29, 1.82) is 10.5 Å². The van der Waals surface area contributed by atoms with E-state index in [0.717, 1.165) is 41.2 Å². The third-order valence-electron chi connectivity index (χ3n) is 6.13. The molecule has 0 saturated carbocycles. The first-order valence-corrected chi connectivity index (χ1v) is 11.6. The molecule has 0 spiro atoms. The maximum Gasteiger partial charge on any atom is 0.349 e. The van der Waals surface area contributed by atoms with Gasteiger partial charge in [-0.15, -0.1) is 0 Å². The van der Waals surface area contributed by atoms with Gasteiger partial charge >= 0.3 is 5.97 Å². The van der Waals surface area contributed by atoms with Crippen molar-refractivity contribution < 1.29 is 18.7 Å². The molecule has 0 aromatic carbocycles. The number of esters is 1. The predicted octanol–water partition coefficient (Wildman–Crippen LogP) is 4.54. The average molecular weight is 488 g/mol. The summed E-state index contributed by atoms with van der Waals surface area (Å²) in [6, 6.07) is 9.44. The second kappa shape index (κ2) is 11.3. The molecule has 3 aromatic heterocycles. The van der Waals surface area contributed by atoms with Crippen molar-refractivity contribution >= 4 is 23.8 Å². The Morgan fingerprint density at radius 2 is 1.92 bits per heavy atom. The molecule has 0 radical (unpaired) electrons. The van der Waals surface area contributed by atoms with Crippen LogP contribution in [-0.4, -0.2) is 27.6 Å². The molecule has 0 unspecified atom stereocenters. The summed E-state index contributed by atoms with van der Waals surface area (Å²) in [6.45, 7) is 10.2. The quantitative estimate of drug-likeness (QED) is 0.268. The Hall–Kier alpha value is -4.50. The number of nitriles is 2. The fourth-order valence-corrected chi connectivity index (χ4v) is 4.10. The molecule has 0 fully saturated rings. The van der Waals surface area contributed by atoms with Crippen molar-refractivity contribution in [2.45, 2.75) is 54.1 Å². The second-order valence-electron chi connectivity index (χ2n) is 8.48. The summed E-state index contributed by atoms with van der Waals surface area (Å²) in [5.74, 6) is -0.575. The predicted molar refractivity (Wildman–Crippen MR) is 134 cm³/mol. The maximum atomic E-state index is 12.7. The highest BCUT2D eigenvalue weighted by molar-refractivity contribution is 6.00. The molecule has 0 aliphatic carbocycles. The lowest BCUT2D eigenvalue weighted by Crippen LogP contribution is -2.23. The van der Waals surface area contributed by atoms with Gasteiger partial charge < -0.3 is 23.6 Å². The molecule has 1 N–H and O–H groups in total. The van der Waals surface area contributed by atoms with Crippen molar-refractivity contribution in [1.82, 2.24) is 9.13 Å². The van der Waals surface area contributed by atoms with E-state index in [9.17, 15) is 20.1 Å². The fourth-order valence-electron chi connectivity index (χ4n) is 4.10. The standard InChI is InChI=1S/C27H29N5O4/c1-6-9-31-17(2)11-21(20(31)5)12-22(13-28)27(34)36-16-25(33)30-26-24(14-29)18(3)19(4)32(26)15-23-8-7-10-35-23/h7-8,10-12H,6,9,15-16H2,1-5H3,(H,30,33)/b22-12-. The van der Waals surface area contributed by atoms with E-state index in [1.165, 1.54) is 6.08 Å². The van der Waals surface area contributed by atoms with Gasteiger partial charge in [-0.25, -0.2) is 4.79 Å². The molecule has 186 valence electrons. The molecule has 3 heterocycles. The molecular weight excluding hydrogens is 458 g/mol. The summed E-state index contributed by atoms with van der Waals surface area (Å²) in [6.07, 6.45) is 3.98. The number of hydrogen-bond donors (Lipinski definition) is 1. The number of carbonyl (C=O) groups excluding carboxylic acids is 2. The van der Waals surface area contributed by atoms with E-state index in [1.54, 1.807) is 29.9 Å². The van der Waals surface area contributed by atoms with Gasteiger partial charge in [-0.1, -0.05) is 6.92 Å². The molecule has 0 aliphatic heterocycles. The van der Waals surface area contributed by atoms with E-state index < -0.39 is 18.5 Å². The number of nitrogens with one attached hydrogen (secondary N) is 1. The van der Waals surface area contributed by atoms with E-state index in [1.807, 2.05) is 32.9 Å². The molecule has 0 atom stereocenters. The minimum atomic E-state index is -0.896. The van der Waals surface area contributed by atoms with Crippen LogP contribution in [0.15, 0.2) is 34.5 Å². The minimum absolute atomic E-state index is 0.204. The number of ether oxygens (including phenoxy) is 1. The van der Waals surface area contributed by atoms with Crippen molar-refractivity contribution in [3.05, 3.63) is 69.6 Å². The van der Waals surface area contributed by atoms with Gasteiger partial charge in [0.1, 0.15) is 29.3 Å². The lowest BCUT2D eigenvalue weighted by molar-refractivity contribution is -0.142. The van der Waals surface area contributed by atoms with Crippen LogP contribution in [0.3, 0.4) is 0 Å². The van der Waals surface area contributed by atoms with Crippen LogP contribution in [0.25, 0.3) is 6.08 Å². The molecule has 0 saturated heterocycles. The van der Waals surface area contributed by atoms with Crippen LogP contribution in [0.1, 0.15) is 52.9 Å². The first-order valence-electron chi connectivity index (χ1n) is 11.6. The first-order chi connectivity index (χ1) is 17.2. The molecule has 3 rings (SSSR count). The van der Waals surface area contributed by atoms with Gasteiger partial charge in [-0.3, -0.25) is 4.79 Å². The normalized spacial score (nSPS) is 11.1. The third-order valence-corrected chi connectivity index (χ3v) is 6.13. The molecular formula is C27H29N5O4. The molecule has 0 bridgehead atoms. The second-order valence-corrected chi connectivity index (χ2v) is 8.48. The molecule has 3 aromatic rings. The van der Waals surface area contributed by atoms with Gasteiger partial charge in [0.05, 0.1) is 18.4 Å². The van der Waals surface area contributed by atoms with Gasteiger partial charge in [-0.05, 0) is 69.5 Å². The number of anilines is 1. The third kappa shape index (κ3) is 5.42. The van der Waals surface area contributed by atoms with Crippen LogP contribution in [0.4, 0.5) is 5.82 Å². The summed E-state index contributed by atoms with van der Waals surface area (Å²) in [5.41, 5.74) is 4.36. The maximum absolute atomic E-state index is 12.7. The van der Waals surface area contributed by atoms with E-state index >= 15 is 0 Å². The Labute approximate surface area is 210 Å². The zero-order valence-electron chi connectivity index (χ0n) is 21.1. The summed E-state index contributed by atoms with van der Waals surface area (Å²) in [5, 5.41) is 21.8. The first kappa shape index (κ1) is 26.1. The van der Waals surface area contributed by atoms with Gasteiger partial charge in [0.15, 0.2) is 6.61 Å². The Kier molecular flexibility index (Phi) is 8.18. The molecule has 9 heteroatoms. The van der Waals surface area contributed by atoms with Crippen molar-refractivity contribution in [3.8, 4) is 12.1 Å². The van der Waals surface area contributed by atoms with Crippen LogP contribution >= 0.6 is 0 Å². The van der Waals surface area contributed by atoms with Crippen LogP contribution in [-0.2, 0) is 27.4 Å². The number of rotatable bonds is 9. The number of aromatic nitrogens is 2. The smallest absolute Gasteiger partial charge is 0.349 e. The number of aryl methyl sites for hydroxylation is 1. The number of carbonyl (C=O) groups is 2.